The quantitative estimate of drug-likeness (QED) is 0.648. The van der Waals surface area contributed by atoms with E-state index in [9.17, 15) is 0 Å². The fourth-order valence-electron chi connectivity index (χ4n) is 1.13. The molecule has 3 nitrogen and oxygen atoms in total. The first-order chi connectivity index (χ1) is 6.42. The maximum atomic E-state index is 8.82. The van der Waals surface area contributed by atoms with Gasteiger partial charge in [0.2, 0.25) is 0 Å². The van der Waals surface area contributed by atoms with Gasteiger partial charge >= 0.3 is 0 Å². The first-order valence-corrected chi connectivity index (χ1v) is 3.82. The van der Waals surface area contributed by atoms with Crippen LogP contribution in [0.1, 0.15) is 5.56 Å². The highest BCUT2D eigenvalue weighted by Crippen LogP contribution is 2.11. The molecule has 1 radical (unpaired) electrons. The van der Waals surface area contributed by atoms with Crippen molar-refractivity contribution in [3.63, 3.8) is 0 Å². The number of para-hydroxylation sites is 1. The Bertz CT molecular complexity index is 437. The van der Waals surface area contributed by atoms with E-state index in [1.54, 1.807) is 23.1 Å². The monoisotopic (exact) mass is 168 g/mol. The van der Waals surface area contributed by atoms with Crippen LogP contribution in [0, 0.1) is 17.4 Å². The molecule has 0 amide bonds. The number of hydrogen-bond donors (Lipinski definition) is 0. The second-order valence-electron chi connectivity index (χ2n) is 2.51. The van der Waals surface area contributed by atoms with Gasteiger partial charge in [0.15, 0.2) is 0 Å². The van der Waals surface area contributed by atoms with Crippen molar-refractivity contribution in [2.45, 2.75) is 0 Å². The van der Waals surface area contributed by atoms with E-state index in [-0.39, 0.29) is 0 Å². The van der Waals surface area contributed by atoms with E-state index in [1.807, 2.05) is 18.2 Å². The fourth-order valence-corrected chi connectivity index (χ4v) is 1.13. The average molecular weight is 168 g/mol. The van der Waals surface area contributed by atoms with Gasteiger partial charge in [-0.15, -0.1) is 0 Å². The molecule has 0 unspecified atom stereocenters. The smallest absolute Gasteiger partial charge is 0.101 e. The lowest BCUT2D eigenvalue weighted by molar-refractivity contribution is 0.877. The van der Waals surface area contributed by atoms with E-state index in [0.717, 1.165) is 5.69 Å². The van der Waals surface area contributed by atoms with Crippen LogP contribution in [0.15, 0.2) is 36.7 Å². The second-order valence-corrected chi connectivity index (χ2v) is 2.51. The van der Waals surface area contributed by atoms with Gasteiger partial charge in [0.05, 0.1) is 17.4 Å². The van der Waals surface area contributed by atoms with E-state index < -0.39 is 0 Å². The van der Waals surface area contributed by atoms with Crippen molar-refractivity contribution in [2.75, 3.05) is 0 Å². The van der Waals surface area contributed by atoms with E-state index in [2.05, 4.69) is 17.2 Å². The zero-order chi connectivity index (χ0) is 9.10. The Morgan fingerprint density at radius 3 is 2.92 bits per heavy atom. The summed E-state index contributed by atoms with van der Waals surface area (Å²) in [4.78, 5) is 0. The van der Waals surface area contributed by atoms with Crippen LogP contribution >= 0.6 is 0 Å². The standard InChI is InChI=1S/C10H6N3/c11-8-9-4-1-2-5-10(9)13-7-3-6-12-13/h1-2,4-7H. The summed E-state index contributed by atoms with van der Waals surface area (Å²) >= 11 is 0. The maximum Gasteiger partial charge on any atom is 0.101 e. The molecule has 2 aromatic rings. The fraction of sp³-hybridized carbons (Fsp3) is 0. The SMILES string of the molecule is N#Cc1ccccc1-n1c[c]cn1. The van der Waals surface area contributed by atoms with Crippen molar-refractivity contribution >= 4 is 0 Å². The molecule has 0 aliphatic rings. The number of aromatic nitrogens is 2. The maximum absolute atomic E-state index is 8.82. The summed E-state index contributed by atoms with van der Waals surface area (Å²) in [5.74, 6) is 0. The number of hydrogen-bond acceptors (Lipinski definition) is 2. The van der Waals surface area contributed by atoms with Crippen LogP contribution in [-0.2, 0) is 0 Å². The highest BCUT2D eigenvalue weighted by molar-refractivity contribution is 5.47. The van der Waals surface area contributed by atoms with E-state index in [1.165, 1.54) is 0 Å². The number of nitrogens with zero attached hydrogens (tertiary/aromatic N) is 3. The highest BCUT2D eigenvalue weighted by Gasteiger charge is 2.01. The van der Waals surface area contributed by atoms with Crippen LogP contribution < -0.4 is 0 Å². The lowest BCUT2D eigenvalue weighted by atomic mass is 10.2. The van der Waals surface area contributed by atoms with Crippen molar-refractivity contribution < 1.29 is 0 Å². The molecular weight excluding hydrogens is 162 g/mol. The molecule has 0 fully saturated rings. The lowest BCUT2D eigenvalue weighted by Crippen LogP contribution is -1.96. The Hall–Kier alpha value is -2.08. The zero-order valence-electron chi connectivity index (χ0n) is 6.81. The van der Waals surface area contributed by atoms with Gasteiger partial charge in [-0.3, -0.25) is 0 Å². The van der Waals surface area contributed by atoms with E-state index >= 15 is 0 Å². The highest BCUT2D eigenvalue weighted by atomic mass is 15.3. The van der Waals surface area contributed by atoms with Crippen LogP contribution in [-0.4, -0.2) is 9.78 Å². The minimum Gasteiger partial charge on any atom is -0.239 e. The number of nitriles is 1. The molecule has 0 spiro atoms. The van der Waals surface area contributed by atoms with Crippen LogP contribution in [0.25, 0.3) is 5.69 Å². The molecule has 0 N–H and O–H groups in total. The molecule has 0 atom stereocenters. The molecule has 3 heteroatoms. The molecule has 13 heavy (non-hydrogen) atoms. The zero-order valence-corrected chi connectivity index (χ0v) is 6.81. The summed E-state index contributed by atoms with van der Waals surface area (Å²) in [6.07, 6.45) is 3.25. The molecule has 0 aliphatic heterocycles. The van der Waals surface area contributed by atoms with Crippen molar-refractivity contribution in [1.82, 2.24) is 9.78 Å². The van der Waals surface area contributed by atoms with Crippen LogP contribution in [0.4, 0.5) is 0 Å². The summed E-state index contributed by atoms with van der Waals surface area (Å²) in [7, 11) is 0. The van der Waals surface area contributed by atoms with Crippen molar-refractivity contribution in [3.8, 4) is 11.8 Å². The molecule has 0 saturated heterocycles. The topological polar surface area (TPSA) is 41.6 Å². The summed E-state index contributed by atoms with van der Waals surface area (Å²) < 4.78 is 1.62. The molecular formula is C10H6N3. The summed E-state index contributed by atoms with van der Waals surface area (Å²) in [5.41, 5.74) is 1.39. The average Bonchev–Trinajstić information content (AvgIpc) is 2.70. The Balaban J connectivity index is 2.59. The van der Waals surface area contributed by atoms with Crippen molar-refractivity contribution in [2.24, 2.45) is 0 Å². The van der Waals surface area contributed by atoms with Crippen LogP contribution in [0.3, 0.4) is 0 Å². The van der Waals surface area contributed by atoms with Gasteiger partial charge in [-0.25, -0.2) is 4.68 Å². The molecule has 0 saturated carbocycles. The third kappa shape index (κ3) is 1.30. The second kappa shape index (κ2) is 3.11. The van der Waals surface area contributed by atoms with Gasteiger partial charge in [0.25, 0.3) is 0 Å². The minimum absolute atomic E-state index is 0.611. The van der Waals surface area contributed by atoms with E-state index in [4.69, 9.17) is 5.26 Å². The normalized spacial score (nSPS) is 9.46. The molecule has 1 aromatic carbocycles. The van der Waals surface area contributed by atoms with Gasteiger partial charge in [0.1, 0.15) is 6.07 Å². The van der Waals surface area contributed by atoms with Gasteiger partial charge in [0, 0.05) is 12.3 Å². The Morgan fingerprint density at radius 1 is 1.38 bits per heavy atom. The lowest BCUT2D eigenvalue weighted by Gasteiger charge is -2.01. The Kier molecular flexibility index (Phi) is 1.81. The van der Waals surface area contributed by atoms with Gasteiger partial charge < -0.3 is 0 Å². The van der Waals surface area contributed by atoms with Crippen LogP contribution in [0.5, 0.6) is 0 Å². The molecule has 0 bridgehead atoms. The minimum atomic E-state index is 0.611. The Morgan fingerprint density at radius 2 is 2.23 bits per heavy atom. The predicted molar refractivity (Wildman–Crippen MR) is 47.1 cm³/mol. The predicted octanol–water partition coefficient (Wildman–Crippen LogP) is 1.54. The summed E-state index contributed by atoms with van der Waals surface area (Å²) in [5, 5.41) is 12.8. The van der Waals surface area contributed by atoms with Gasteiger partial charge in [-0.05, 0) is 12.1 Å². The molecule has 1 aromatic heterocycles. The summed E-state index contributed by atoms with van der Waals surface area (Å²) in [6, 6.07) is 12.2. The molecule has 2 rings (SSSR count). The first-order valence-electron chi connectivity index (χ1n) is 3.82. The molecule has 61 valence electrons. The summed E-state index contributed by atoms with van der Waals surface area (Å²) in [6.45, 7) is 0. The third-order valence-electron chi connectivity index (χ3n) is 1.72. The molecule has 1 heterocycles. The third-order valence-corrected chi connectivity index (χ3v) is 1.72. The van der Waals surface area contributed by atoms with Crippen molar-refractivity contribution in [3.05, 3.63) is 48.3 Å². The van der Waals surface area contributed by atoms with E-state index in [0.29, 0.717) is 5.56 Å². The van der Waals surface area contributed by atoms with Crippen molar-refractivity contribution in [1.29, 1.82) is 5.26 Å². The largest absolute Gasteiger partial charge is 0.239 e. The molecule has 0 aliphatic carbocycles. The number of rotatable bonds is 1. The Labute approximate surface area is 75.9 Å². The van der Waals surface area contributed by atoms with Gasteiger partial charge in [-0.2, -0.15) is 10.4 Å². The number of benzene rings is 1. The first kappa shape index (κ1) is 7.56. The van der Waals surface area contributed by atoms with Crippen LogP contribution in [0.2, 0.25) is 0 Å². The van der Waals surface area contributed by atoms with Gasteiger partial charge in [-0.1, -0.05) is 12.1 Å².